The van der Waals surface area contributed by atoms with Crippen LogP contribution in [0.25, 0.3) is 0 Å². The number of rotatable bonds is 6. The summed E-state index contributed by atoms with van der Waals surface area (Å²) in [5.41, 5.74) is 4.48. The minimum Gasteiger partial charge on any atom is -0.507 e. The van der Waals surface area contributed by atoms with E-state index in [4.69, 9.17) is 0 Å². The topological polar surface area (TPSA) is 64.9 Å². The number of hydrazone groups is 1. The molecular formula is C18H21N3O2. The van der Waals surface area contributed by atoms with Crippen LogP contribution in [-0.2, 0) is 0 Å². The maximum Gasteiger partial charge on any atom is 0.271 e. The zero-order valence-electron chi connectivity index (χ0n) is 13.4. The smallest absolute Gasteiger partial charge is 0.271 e. The van der Waals surface area contributed by atoms with E-state index < -0.39 is 0 Å². The Morgan fingerprint density at radius 2 is 1.87 bits per heavy atom. The maximum atomic E-state index is 11.8. The SMILES string of the molecule is CCN(CC)c1ccc(/C=N/NC(=O)c2ccccc2)c(O)c1. The Morgan fingerprint density at radius 1 is 1.17 bits per heavy atom. The van der Waals surface area contributed by atoms with Gasteiger partial charge in [-0.2, -0.15) is 5.10 Å². The van der Waals surface area contributed by atoms with Crippen molar-refractivity contribution in [3.05, 3.63) is 59.7 Å². The first-order chi connectivity index (χ1) is 11.2. The second-order valence-electron chi connectivity index (χ2n) is 4.98. The van der Waals surface area contributed by atoms with Crippen LogP contribution >= 0.6 is 0 Å². The Labute approximate surface area is 136 Å². The molecule has 2 N–H and O–H groups in total. The lowest BCUT2D eigenvalue weighted by Crippen LogP contribution is -2.21. The lowest BCUT2D eigenvalue weighted by Gasteiger charge is -2.21. The molecule has 0 atom stereocenters. The number of nitrogens with zero attached hydrogens (tertiary/aromatic N) is 2. The van der Waals surface area contributed by atoms with E-state index in [0.29, 0.717) is 11.1 Å². The third-order valence-electron chi connectivity index (χ3n) is 3.55. The number of nitrogens with one attached hydrogen (secondary N) is 1. The molecule has 0 radical (unpaired) electrons. The number of hydrogen-bond donors (Lipinski definition) is 2. The minimum atomic E-state index is -0.291. The number of phenols is 1. The Balaban J connectivity index is 2.04. The highest BCUT2D eigenvalue weighted by molar-refractivity contribution is 5.95. The highest BCUT2D eigenvalue weighted by Gasteiger charge is 2.06. The summed E-state index contributed by atoms with van der Waals surface area (Å²) in [6, 6.07) is 14.2. The molecule has 1 amide bonds. The first kappa shape index (κ1) is 16.5. The predicted octanol–water partition coefficient (Wildman–Crippen LogP) is 3.00. The van der Waals surface area contributed by atoms with Gasteiger partial charge in [0.2, 0.25) is 0 Å². The van der Waals surface area contributed by atoms with Gasteiger partial charge in [-0.05, 0) is 38.1 Å². The van der Waals surface area contributed by atoms with Crippen LogP contribution in [0.1, 0.15) is 29.8 Å². The fourth-order valence-corrected chi connectivity index (χ4v) is 2.24. The van der Waals surface area contributed by atoms with E-state index in [1.54, 1.807) is 36.4 Å². The lowest BCUT2D eigenvalue weighted by atomic mass is 10.2. The van der Waals surface area contributed by atoms with Crippen LogP contribution in [0, 0.1) is 0 Å². The molecule has 23 heavy (non-hydrogen) atoms. The van der Waals surface area contributed by atoms with E-state index in [9.17, 15) is 9.90 Å². The van der Waals surface area contributed by atoms with Gasteiger partial charge in [-0.25, -0.2) is 5.43 Å². The monoisotopic (exact) mass is 311 g/mol. The van der Waals surface area contributed by atoms with E-state index in [1.807, 2.05) is 12.1 Å². The summed E-state index contributed by atoms with van der Waals surface area (Å²) < 4.78 is 0. The molecule has 2 rings (SSSR count). The van der Waals surface area contributed by atoms with E-state index in [2.05, 4.69) is 29.3 Å². The zero-order chi connectivity index (χ0) is 16.7. The van der Waals surface area contributed by atoms with Crippen LogP contribution in [0.4, 0.5) is 5.69 Å². The average Bonchev–Trinajstić information content (AvgIpc) is 2.58. The molecule has 0 heterocycles. The summed E-state index contributed by atoms with van der Waals surface area (Å²) in [5, 5.41) is 14.0. The van der Waals surface area contributed by atoms with Crippen LogP contribution in [-0.4, -0.2) is 30.3 Å². The van der Waals surface area contributed by atoms with Crippen LogP contribution in [0.15, 0.2) is 53.6 Å². The number of hydrogen-bond acceptors (Lipinski definition) is 4. The number of phenolic OH excluding ortho intramolecular Hbond substituents is 1. The fourth-order valence-electron chi connectivity index (χ4n) is 2.24. The molecular weight excluding hydrogens is 290 g/mol. The van der Waals surface area contributed by atoms with Gasteiger partial charge >= 0.3 is 0 Å². The normalized spacial score (nSPS) is 10.7. The van der Waals surface area contributed by atoms with E-state index in [0.717, 1.165) is 18.8 Å². The quantitative estimate of drug-likeness (QED) is 0.636. The second kappa shape index (κ2) is 7.98. The summed E-state index contributed by atoms with van der Waals surface area (Å²) in [6.07, 6.45) is 1.43. The average molecular weight is 311 g/mol. The van der Waals surface area contributed by atoms with Crippen molar-refractivity contribution < 1.29 is 9.90 Å². The van der Waals surface area contributed by atoms with Gasteiger partial charge in [0.1, 0.15) is 5.75 Å². The van der Waals surface area contributed by atoms with Gasteiger partial charge in [0.25, 0.3) is 5.91 Å². The largest absolute Gasteiger partial charge is 0.507 e. The first-order valence-electron chi connectivity index (χ1n) is 7.62. The van der Waals surface area contributed by atoms with Gasteiger partial charge in [0.15, 0.2) is 0 Å². The molecule has 5 heteroatoms. The molecule has 0 spiro atoms. The van der Waals surface area contributed by atoms with Crippen LogP contribution in [0.5, 0.6) is 5.75 Å². The van der Waals surface area contributed by atoms with Crippen molar-refractivity contribution in [1.82, 2.24) is 5.43 Å². The van der Waals surface area contributed by atoms with Gasteiger partial charge in [-0.15, -0.1) is 0 Å². The summed E-state index contributed by atoms with van der Waals surface area (Å²) in [7, 11) is 0. The highest BCUT2D eigenvalue weighted by Crippen LogP contribution is 2.23. The summed E-state index contributed by atoms with van der Waals surface area (Å²) in [5.74, 6) is -0.159. The molecule has 0 unspecified atom stereocenters. The van der Waals surface area contributed by atoms with Gasteiger partial charge in [-0.1, -0.05) is 18.2 Å². The van der Waals surface area contributed by atoms with Crippen molar-refractivity contribution in [2.45, 2.75) is 13.8 Å². The van der Waals surface area contributed by atoms with Crippen LogP contribution < -0.4 is 10.3 Å². The van der Waals surface area contributed by atoms with Gasteiger partial charge in [0.05, 0.1) is 6.21 Å². The maximum absolute atomic E-state index is 11.8. The van der Waals surface area contributed by atoms with Crippen molar-refractivity contribution >= 4 is 17.8 Å². The molecule has 2 aromatic carbocycles. The molecule has 5 nitrogen and oxygen atoms in total. The summed E-state index contributed by atoms with van der Waals surface area (Å²) in [6.45, 7) is 5.87. The van der Waals surface area contributed by atoms with Crippen molar-refractivity contribution in [3.63, 3.8) is 0 Å². The van der Waals surface area contributed by atoms with Crippen LogP contribution in [0.2, 0.25) is 0 Å². The van der Waals surface area contributed by atoms with E-state index in [1.165, 1.54) is 6.21 Å². The number of carbonyl (C=O) groups is 1. The molecule has 0 saturated carbocycles. The van der Waals surface area contributed by atoms with Gasteiger partial charge in [0, 0.05) is 36.0 Å². The molecule has 2 aromatic rings. The Kier molecular flexibility index (Phi) is 5.74. The third-order valence-corrected chi connectivity index (χ3v) is 3.55. The zero-order valence-corrected chi connectivity index (χ0v) is 13.4. The minimum absolute atomic E-state index is 0.132. The molecule has 0 fully saturated rings. The highest BCUT2D eigenvalue weighted by atomic mass is 16.3. The Morgan fingerprint density at radius 3 is 2.48 bits per heavy atom. The molecule has 0 aliphatic heterocycles. The molecule has 0 aliphatic rings. The van der Waals surface area contributed by atoms with Gasteiger partial charge in [-0.3, -0.25) is 4.79 Å². The predicted molar refractivity (Wildman–Crippen MR) is 93.2 cm³/mol. The van der Waals surface area contributed by atoms with Crippen molar-refractivity contribution in [1.29, 1.82) is 0 Å². The number of carbonyl (C=O) groups excluding carboxylic acids is 1. The number of amides is 1. The fraction of sp³-hybridized carbons (Fsp3) is 0.222. The molecule has 0 aliphatic carbocycles. The number of aromatic hydroxyl groups is 1. The Bertz CT molecular complexity index is 680. The summed E-state index contributed by atoms with van der Waals surface area (Å²) >= 11 is 0. The number of benzene rings is 2. The van der Waals surface area contributed by atoms with E-state index >= 15 is 0 Å². The molecule has 120 valence electrons. The molecule has 0 aromatic heterocycles. The number of anilines is 1. The standard InChI is InChI=1S/C18H21N3O2/c1-3-21(4-2)16-11-10-15(17(22)12-16)13-19-20-18(23)14-8-6-5-7-9-14/h5-13,22H,3-4H2,1-2H3,(H,20,23)/b19-13+. The molecule has 0 bridgehead atoms. The summed E-state index contributed by atoms with van der Waals surface area (Å²) in [4.78, 5) is 14.0. The van der Waals surface area contributed by atoms with Gasteiger partial charge < -0.3 is 10.0 Å². The first-order valence-corrected chi connectivity index (χ1v) is 7.62. The van der Waals surface area contributed by atoms with E-state index in [-0.39, 0.29) is 11.7 Å². The third kappa shape index (κ3) is 4.32. The molecule has 0 saturated heterocycles. The van der Waals surface area contributed by atoms with Crippen molar-refractivity contribution in [2.24, 2.45) is 5.10 Å². The second-order valence-corrected chi connectivity index (χ2v) is 4.98. The lowest BCUT2D eigenvalue weighted by molar-refractivity contribution is 0.0955. The van der Waals surface area contributed by atoms with Crippen molar-refractivity contribution in [3.8, 4) is 5.75 Å². The Hall–Kier alpha value is -2.82. The van der Waals surface area contributed by atoms with Crippen LogP contribution in [0.3, 0.4) is 0 Å². The van der Waals surface area contributed by atoms with Crippen molar-refractivity contribution in [2.75, 3.05) is 18.0 Å².